The number of rotatable bonds is 3. The summed E-state index contributed by atoms with van der Waals surface area (Å²) in [5, 5.41) is 2.13. The molecule has 0 amide bonds. The Hall–Kier alpha value is -2.62. The van der Waals surface area contributed by atoms with Crippen molar-refractivity contribution in [1.82, 2.24) is 9.55 Å². The van der Waals surface area contributed by atoms with Crippen molar-refractivity contribution in [2.75, 3.05) is 7.11 Å². The van der Waals surface area contributed by atoms with Crippen LogP contribution in [0, 0.1) is 0 Å². The third kappa shape index (κ3) is 2.52. The molecule has 3 rings (SSSR count). The van der Waals surface area contributed by atoms with Crippen LogP contribution >= 0.6 is 0 Å². The third-order valence-electron chi connectivity index (χ3n) is 3.74. The summed E-state index contributed by atoms with van der Waals surface area (Å²) in [6.07, 6.45) is 5.55. The third-order valence-corrected chi connectivity index (χ3v) is 3.74. The van der Waals surface area contributed by atoms with Crippen LogP contribution in [0.15, 0.2) is 55.1 Å². The zero-order valence-electron chi connectivity index (χ0n) is 12.0. The first kappa shape index (κ1) is 13.4. The summed E-state index contributed by atoms with van der Waals surface area (Å²) < 4.78 is 6.81. The number of ether oxygens (including phenoxy) is 1. The van der Waals surface area contributed by atoms with Gasteiger partial charge in [0.1, 0.15) is 0 Å². The highest BCUT2D eigenvalue weighted by Crippen LogP contribution is 2.24. The summed E-state index contributed by atoms with van der Waals surface area (Å²) in [4.78, 5) is 15.6. The highest BCUT2D eigenvalue weighted by Gasteiger charge is 2.09. The molecule has 0 radical (unpaired) electrons. The number of imidazole rings is 1. The van der Waals surface area contributed by atoms with Gasteiger partial charge in [0.25, 0.3) is 0 Å². The molecule has 0 saturated carbocycles. The molecule has 4 heteroatoms. The van der Waals surface area contributed by atoms with Crippen molar-refractivity contribution in [3.63, 3.8) is 0 Å². The Kier molecular flexibility index (Phi) is 3.44. The maximum absolute atomic E-state index is 11.6. The number of methoxy groups -OCH3 is 1. The lowest BCUT2D eigenvalue weighted by atomic mass is 10.0. The molecule has 21 heavy (non-hydrogen) atoms. The van der Waals surface area contributed by atoms with E-state index in [-0.39, 0.29) is 12.0 Å². The maximum atomic E-state index is 11.6. The number of benzene rings is 2. The molecule has 3 aromatic rings. The lowest BCUT2D eigenvalue weighted by Gasteiger charge is -2.14. The molecule has 0 aliphatic carbocycles. The van der Waals surface area contributed by atoms with Gasteiger partial charge < -0.3 is 9.30 Å². The zero-order valence-corrected chi connectivity index (χ0v) is 12.0. The van der Waals surface area contributed by atoms with Crippen LogP contribution < -0.4 is 0 Å². The van der Waals surface area contributed by atoms with Gasteiger partial charge in [0, 0.05) is 12.4 Å². The summed E-state index contributed by atoms with van der Waals surface area (Å²) >= 11 is 0. The Labute approximate surface area is 123 Å². The van der Waals surface area contributed by atoms with E-state index in [1.807, 2.05) is 30.7 Å². The van der Waals surface area contributed by atoms with Gasteiger partial charge in [-0.25, -0.2) is 9.78 Å². The second kappa shape index (κ2) is 5.40. The SMILES string of the molecule is COC(=O)c1ccc2cc(C(C)n3ccnc3)ccc2c1. The van der Waals surface area contributed by atoms with E-state index in [9.17, 15) is 4.79 Å². The monoisotopic (exact) mass is 280 g/mol. The number of aromatic nitrogens is 2. The van der Waals surface area contributed by atoms with E-state index in [0.29, 0.717) is 5.56 Å². The number of nitrogens with zero attached hydrogens (tertiary/aromatic N) is 2. The quantitative estimate of drug-likeness (QED) is 0.690. The molecule has 1 aromatic heterocycles. The number of carbonyl (C=O) groups is 1. The summed E-state index contributed by atoms with van der Waals surface area (Å²) in [6, 6.07) is 12.1. The first-order valence-corrected chi connectivity index (χ1v) is 6.78. The van der Waals surface area contributed by atoms with Gasteiger partial charge in [0.15, 0.2) is 0 Å². The first-order chi connectivity index (χ1) is 10.2. The lowest BCUT2D eigenvalue weighted by Crippen LogP contribution is -2.04. The van der Waals surface area contributed by atoms with Gasteiger partial charge >= 0.3 is 5.97 Å². The maximum Gasteiger partial charge on any atom is 0.337 e. The topological polar surface area (TPSA) is 44.1 Å². The fourth-order valence-electron chi connectivity index (χ4n) is 2.44. The van der Waals surface area contributed by atoms with Gasteiger partial charge in [-0.15, -0.1) is 0 Å². The normalized spacial score (nSPS) is 12.3. The van der Waals surface area contributed by atoms with Crippen molar-refractivity contribution in [2.45, 2.75) is 13.0 Å². The Morgan fingerprint density at radius 1 is 1.19 bits per heavy atom. The van der Waals surface area contributed by atoms with Gasteiger partial charge in [-0.05, 0) is 41.5 Å². The van der Waals surface area contributed by atoms with Crippen molar-refractivity contribution in [2.24, 2.45) is 0 Å². The molecule has 1 unspecified atom stereocenters. The molecule has 0 bridgehead atoms. The van der Waals surface area contributed by atoms with E-state index in [0.717, 1.165) is 10.8 Å². The minimum atomic E-state index is -0.312. The lowest BCUT2D eigenvalue weighted by molar-refractivity contribution is 0.0601. The van der Waals surface area contributed by atoms with E-state index in [1.165, 1.54) is 12.7 Å². The minimum Gasteiger partial charge on any atom is -0.465 e. The highest BCUT2D eigenvalue weighted by atomic mass is 16.5. The fourth-order valence-corrected chi connectivity index (χ4v) is 2.44. The van der Waals surface area contributed by atoms with E-state index in [1.54, 1.807) is 12.3 Å². The van der Waals surface area contributed by atoms with Gasteiger partial charge in [0.2, 0.25) is 0 Å². The van der Waals surface area contributed by atoms with Gasteiger partial charge in [0.05, 0.1) is 25.0 Å². The van der Waals surface area contributed by atoms with Crippen molar-refractivity contribution in [3.05, 3.63) is 66.2 Å². The van der Waals surface area contributed by atoms with Crippen LogP contribution in [-0.2, 0) is 4.74 Å². The van der Waals surface area contributed by atoms with Crippen LogP contribution in [0.4, 0.5) is 0 Å². The average molecular weight is 280 g/mol. The molecule has 1 atom stereocenters. The Balaban J connectivity index is 1.99. The number of fused-ring (bicyclic) bond motifs is 1. The van der Waals surface area contributed by atoms with Gasteiger partial charge in [-0.3, -0.25) is 0 Å². The molecule has 0 saturated heterocycles. The average Bonchev–Trinajstić information content (AvgIpc) is 3.06. The second-order valence-corrected chi connectivity index (χ2v) is 5.00. The molecule has 0 fully saturated rings. The molecule has 2 aromatic carbocycles. The summed E-state index contributed by atoms with van der Waals surface area (Å²) in [5.74, 6) is -0.312. The molecule has 0 aliphatic rings. The predicted molar refractivity (Wildman–Crippen MR) is 81.3 cm³/mol. The standard InChI is InChI=1S/C17H16N2O2/c1-12(19-8-7-18-11-19)13-3-4-15-10-16(17(20)21-2)6-5-14(15)9-13/h3-12H,1-2H3. The van der Waals surface area contributed by atoms with E-state index in [2.05, 4.69) is 28.6 Å². The number of carbonyl (C=O) groups excluding carboxylic acids is 1. The van der Waals surface area contributed by atoms with Crippen molar-refractivity contribution in [1.29, 1.82) is 0 Å². The smallest absolute Gasteiger partial charge is 0.337 e. The molecular formula is C17H16N2O2. The molecule has 0 spiro atoms. The largest absolute Gasteiger partial charge is 0.465 e. The molecular weight excluding hydrogens is 264 g/mol. The van der Waals surface area contributed by atoms with E-state index >= 15 is 0 Å². The van der Waals surface area contributed by atoms with Crippen molar-refractivity contribution >= 4 is 16.7 Å². The predicted octanol–water partition coefficient (Wildman–Crippen LogP) is 3.43. The Bertz CT molecular complexity index is 779. The highest BCUT2D eigenvalue weighted by molar-refractivity contribution is 5.95. The van der Waals surface area contributed by atoms with Crippen LogP contribution in [0.5, 0.6) is 0 Å². The van der Waals surface area contributed by atoms with Crippen LogP contribution in [0.25, 0.3) is 10.8 Å². The van der Waals surface area contributed by atoms with Crippen LogP contribution in [-0.4, -0.2) is 22.6 Å². The molecule has 4 nitrogen and oxygen atoms in total. The fraction of sp³-hybridized carbons (Fsp3) is 0.176. The van der Waals surface area contributed by atoms with Gasteiger partial charge in [-0.2, -0.15) is 0 Å². The van der Waals surface area contributed by atoms with Crippen molar-refractivity contribution < 1.29 is 9.53 Å². The summed E-state index contributed by atoms with van der Waals surface area (Å²) in [5.41, 5.74) is 1.77. The first-order valence-electron chi connectivity index (χ1n) is 6.78. The molecule has 1 heterocycles. The Morgan fingerprint density at radius 2 is 1.95 bits per heavy atom. The van der Waals surface area contributed by atoms with E-state index in [4.69, 9.17) is 4.74 Å². The van der Waals surface area contributed by atoms with E-state index < -0.39 is 0 Å². The van der Waals surface area contributed by atoms with Crippen LogP contribution in [0.1, 0.15) is 28.9 Å². The number of hydrogen-bond donors (Lipinski definition) is 0. The molecule has 0 aliphatic heterocycles. The minimum absolute atomic E-state index is 0.220. The zero-order chi connectivity index (χ0) is 14.8. The number of esters is 1. The number of hydrogen-bond acceptors (Lipinski definition) is 3. The van der Waals surface area contributed by atoms with Crippen LogP contribution in [0.2, 0.25) is 0 Å². The Morgan fingerprint density at radius 3 is 2.67 bits per heavy atom. The summed E-state index contributed by atoms with van der Waals surface area (Å²) in [6.45, 7) is 2.13. The molecule has 0 N–H and O–H groups in total. The van der Waals surface area contributed by atoms with Crippen LogP contribution in [0.3, 0.4) is 0 Å². The summed E-state index contributed by atoms with van der Waals surface area (Å²) in [7, 11) is 1.39. The van der Waals surface area contributed by atoms with Gasteiger partial charge in [-0.1, -0.05) is 18.2 Å². The van der Waals surface area contributed by atoms with Crippen molar-refractivity contribution in [3.8, 4) is 0 Å². The second-order valence-electron chi connectivity index (χ2n) is 5.00. The molecule has 106 valence electrons.